The second kappa shape index (κ2) is 9.98. The molecule has 31 heavy (non-hydrogen) atoms. The molecule has 0 spiro atoms. The van der Waals surface area contributed by atoms with Crippen molar-refractivity contribution in [2.24, 2.45) is 5.92 Å². The van der Waals surface area contributed by atoms with Crippen molar-refractivity contribution in [2.75, 3.05) is 44.7 Å². The van der Waals surface area contributed by atoms with Crippen LogP contribution in [0, 0.1) is 5.92 Å². The van der Waals surface area contributed by atoms with Gasteiger partial charge in [0, 0.05) is 50.8 Å². The van der Waals surface area contributed by atoms with Gasteiger partial charge in [0.15, 0.2) is 0 Å². The van der Waals surface area contributed by atoms with Gasteiger partial charge in [-0.3, -0.25) is 14.7 Å². The van der Waals surface area contributed by atoms with Crippen molar-refractivity contribution in [3.63, 3.8) is 0 Å². The lowest BCUT2D eigenvalue weighted by molar-refractivity contribution is -0.141. The summed E-state index contributed by atoms with van der Waals surface area (Å²) >= 11 is 0. The van der Waals surface area contributed by atoms with E-state index in [1.54, 1.807) is 0 Å². The summed E-state index contributed by atoms with van der Waals surface area (Å²) in [6, 6.07) is 2.65. The lowest BCUT2D eigenvalue weighted by Crippen LogP contribution is -2.41. The molecule has 1 aromatic heterocycles. The second-order valence-electron chi connectivity index (χ2n) is 9.15. The van der Waals surface area contributed by atoms with E-state index in [9.17, 15) is 9.59 Å². The third-order valence-corrected chi connectivity index (χ3v) is 7.45. The van der Waals surface area contributed by atoms with E-state index < -0.39 is 0 Å². The number of amides is 2. The van der Waals surface area contributed by atoms with Gasteiger partial charge in [0.05, 0.1) is 19.0 Å². The first kappa shape index (κ1) is 22.1. The first-order chi connectivity index (χ1) is 15.1. The third kappa shape index (κ3) is 5.03. The van der Waals surface area contributed by atoms with Gasteiger partial charge in [-0.05, 0) is 62.6 Å². The number of methoxy groups -OCH3 is 1. The molecule has 170 valence electrons. The first-order valence-electron chi connectivity index (χ1n) is 11.9. The van der Waals surface area contributed by atoms with Crippen LogP contribution in [-0.4, -0.2) is 72.7 Å². The fourth-order valence-corrected chi connectivity index (χ4v) is 5.39. The van der Waals surface area contributed by atoms with Gasteiger partial charge in [-0.2, -0.15) is 0 Å². The van der Waals surface area contributed by atoms with Crippen molar-refractivity contribution in [3.05, 3.63) is 23.5 Å². The number of anilines is 1. The number of hydrogen-bond acceptors (Lipinski definition) is 5. The number of carbonyl (C=O) groups excluding carboxylic acids is 2. The number of aromatic nitrogens is 1. The van der Waals surface area contributed by atoms with Crippen LogP contribution in [0.4, 0.5) is 10.5 Å². The molecule has 0 aromatic carbocycles. The van der Waals surface area contributed by atoms with Crippen LogP contribution >= 0.6 is 0 Å². The van der Waals surface area contributed by atoms with Crippen LogP contribution in [0.3, 0.4) is 0 Å². The fraction of sp³-hybridized carbons (Fsp3) is 0.708. The highest BCUT2D eigenvalue weighted by molar-refractivity contribution is 5.94. The van der Waals surface area contributed by atoms with Gasteiger partial charge in [0.25, 0.3) is 0 Å². The largest absolute Gasteiger partial charge is 0.469 e. The Morgan fingerprint density at radius 1 is 1.13 bits per heavy atom. The van der Waals surface area contributed by atoms with Crippen LogP contribution in [0.5, 0.6) is 0 Å². The summed E-state index contributed by atoms with van der Waals surface area (Å²) < 4.78 is 4.76. The van der Waals surface area contributed by atoms with Crippen molar-refractivity contribution in [3.8, 4) is 0 Å². The highest BCUT2D eigenvalue weighted by Crippen LogP contribution is 2.33. The molecule has 0 unspecified atom stereocenters. The van der Waals surface area contributed by atoms with Crippen LogP contribution in [0.25, 0.3) is 0 Å². The smallest absolute Gasteiger partial charge is 0.324 e. The Balaban J connectivity index is 1.34. The minimum absolute atomic E-state index is 0.121. The zero-order valence-electron chi connectivity index (χ0n) is 19.0. The zero-order chi connectivity index (χ0) is 21.8. The predicted molar refractivity (Wildman–Crippen MR) is 120 cm³/mol. The molecule has 0 radical (unpaired) electrons. The standard InChI is InChI=1S/C24H36N4O3/c1-3-26-12-10-19-16-21(17-25-22(19)11-13-26)28-15-14-27(24(28)30)20-7-4-18(5-8-20)6-9-23(29)31-2/h16-18,20H,3-15H2,1-2H3/t18-,20-. The average Bonchev–Trinajstić information content (AvgIpc) is 3.06. The second-order valence-corrected chi connectivity index (χ2v) is 9.15. The number of carbonyl (C=O) groups is 2. The zero-order valence-corrected chi connectivity index (χ0v) is 19.0. The van der Waals surface area contributed by atoms with Gasteiger partial charge < -0.3 is 14.5 Å². The Bertz CT molecular complexity index is 791. The van der Waals surface area contributed by atoms with E-state index in [2.05, 4.69) is 22.8 Å². The van der Waals surface area contributed by atoms with Crippen molar-refractivity contribution in [1.82, 2.24) is 14.8 Å². The lowest BCUT2D eigenvalue weighted by Gasteiger charge is -2.34. The van der Waals surface area contributed by atoms with Gasteiger partial charge in [0.1, 0.15) is 0 Å². The minimum atomic E-state index is -0.121. The molecule has 1 saturated heterocycles. The summed E-state index contributed by atoms with van der Waals surface area (Å²) in [4.78, 5) is 35.8. The van der Waals surface area contributed by atoms with E-state index in [1.807, 2.05) is 11.1 Å². The quantitative estimate of drug-likeness (QED) is 0.651. The third-order valence-electron chi connectivity index (χ3n) is 7.45. The molecule has 7 heteroatoms. The monoisotopic (exact) mass is 428 g/mol. The summed E-state index contributed by atoms with van der Waals surface area (Å²) in [5.74, 6) is 0.449. The highest BCUT2D eigenvalue weighted by atomic mass is 16.5. The van der Waals surface area contributed by atoms with Crippen LogP contribution in [0.2, 0.25) is 0 Å². The molecule has 2 aliphatic heterocycles. The van der Waals surface area contributed by atoms with Gasteiger partial charge in [-0.25, -0.2) is 4.79 Å². The molecule has 0 N–H and O–H groups in total. The number of esters is 1. The van der Waals surface area contributed by atoms with Crippen molar-refractivity contribution >= 4 is 17.7 Å². The molecule has 3 heterocycles. The summed E-state index contributed by atoms with van der Waals surface area (Å²) in [6.07, 6.45) is 9.51. The Kier molecular flexibility index (Phi) is 7.10. The number of likely N-dealkylation sites (N-methyl/N-ethyl adjacent to an activating group) is 1. The Morgan fingerprint density at radius 2 is 1.90 bits per heavy atom. The fourth-order valence-electron chi connectivity index (χ4n) is 5.39. The van der Waals surface area contributed by atoms with E-state index in [4.69, 9.17) is 9.72 Å². The molecule has 4 rings (SSSR count). The van der Waals surface area contributed by atoms with E-state index >= 15 is 0 Å². The number of hydrogen-bond donors (Lipinski definition) is 0. The molecule has 1 aliphatic carbocycles. The molecular weight excluding hydrogens is 392 g/mol. The topological polar surface area (TPSA) is 66.0 Å². The van der Waals surface area contributed by atoms with Gasteiger partial charge in [-0.15, -0.1) is 0 Å². The first-order valence-corrected chi connectivity index (χ1v) is 11.9. The predicted octanol–water partition coefficient (Wildman–Crippen LogP) is 3.26. The van der Waals surface area contributed by atoms with Crippen molar-refractivity contribution in [2.45, 2.75) is 64.3 Å². The van der Waals surface area contributed by atoms with Crippen molar-refractivity contribution in [1.29, 1.82) is 0 Å². The maximum Gasteiger partial charge on any atom is 0.324 e. The number of rotatable bonds is 6. The molecule has 0 atom stereocenters. The van der Waals surface area contributed by atoms with Crippen LogP contribution in [-0.2, 0) is 22.4 Å². The van der Waals surface area contributed by atoms with E-state index in [-0.39, 0.29) is 12.0 Å². The van der Waals surface area contributed by atoms with Crippen LogP contribution < -0.4 is 4.90 Å². The van der Waals surface area contributed by atoms with E-state index in [1.165, 1.54) is 18.4 Å². The van der Waals surface area contributed by atoms with Gasteiger partial charge in [0.2, 0.25) is 0 Å². The van der Waals surface area contributed by atoms with Crippen molar-refractivity contribution < 1.29 is 14.3 Å². The summed E-state index contributed by atoms with van der Waals surface area (Å²) in [6.45, 7) is 6.94. The lowest BCUT2D eigenvalue weighted by atomic mass is 9.83. The summed E-state index contributed by atoms with van der Waals surface area (Å²) in [7, 11) is 1.45. The Morgan fingerprint density at radius 3 is 2.65 bits per heavy atom. The summed E-state index contributed by atoms with van der Waals surface area (Å²) in [5.41, 5.74) is 3.43. The minimum Gasteiger partial charge on any atom is -0.469 e. The highest BCUT2D eigenvalue weighted by Gasteiger charge is 2.36. The maximum absolute atomic E-state index is 13.2. The molecule has 1 saturated carbocycles. The van der Waals surface area contributed by atoms with Gasteiger partial charge in [-0.1, -0.05) is 6.92 Å². The molecule has 2 fully saturated rings. The number of pyridine rings is 1. The van der Waals surface area contributed by atoms with Gasteiger partial charge >= 0.3 is 12.0 Å². The molecule has 3 aliphatic rings. The van der Waals surface area contributed by atoms with Crippen LogP contribution in [0.1, 0.15) is 56.7 Å². The summed E-state index contributed by atoms with van der Waals surface area (Å²) in [5, 5.41) is 0. The molecule has 1 aromatic rings. The van der Waals surface area contributed by atoms with Crippen LogP contribution in [0.15, 0.2) is 12.3 Å². The van der Waals surface area contributed by atoms with E-state index in [0.29, 0.717) is 18.4 Å². The maximum atomic E-state index is 13.2. The Hall–Kier alpha value is -2.15. The number of urea groups is 1. The number of ether oxygens (including phenoxy) is 1. The molecule has 0 bridgehead atoms. The number of nitrogens with zero attached hydrogens (tertiary/aromatic N) is 4. The number of fused-ring (bicyclic) bond motifs is 1. The Labute approximate surface area is 185 Å². The average molecular weight is 429 g/mol. The molecular formula is C24H36N4O3. The van der Waals surface area contributed by atoms with E-state index in [0.717, 1.165) is 83.4 Å². The SMILES string of the molecule is CCN1CCc2cc(N3CCN([C@H]4CC[C@H](CCC(=O)OC)CC4)C3=O)cnc2CC1. The molecule has 2 amide bonds. The molecule has 7 nitrogen and oxygen atoms in total. The normalized spacial score (nSPS) is 24.8.